The molecule has 0 saturated heterocycles. The number of rotatable bonds is 7. The van der Waals surface area contributed by atoms with E-state index in [1.54, 1.807) is 7.05 Å². The van der Waals surface area contributed by atoms with Gasteiger partial charge in [-0.3, -0.25) is 4.99 Å². The second kappa shape index (κ2) is 8.27. The third kappa shape index (κ3) is 4.89. The number of hydrogen-bond donors (Lipinski definition) is 3. The van der Waals surface area contributed by atoms with E-state index >= 15 is 0 Å². The van der Waals surface area contributed by atoms with Gasteiger partial charge in [0.1, 0.15) is 0 Å². The Hall–Kier alpha value is -1.79. The molecule has 3 rings (SSSR count). The highest BCUT2D eigenvalue weighted by Gasteiger charge is 2.31. The normalized spacial score (nSPS) is 27.5. The molecule has 6 heteroatoms. The van der Waals surface area contributed by atoms with Crippen molar-refractivity contribution in [1.29, 1.82) is 0 Å². The van der Waals surface area contributed by atoms with E-state index in [1.807, 2.05) is 18.5 Å². The Morgan fingerprint density at radius 1 is 1.38 bits per heavy atom. The molecule has 0 amide bonds. The van der Waals surface area contributed by atoms with E-state index in [0.29, 0.717) is 12.0 Å². The van der Waals surface area contributed by atoms with E-state index in [4.69, 9.17) is 10.7 Å². The maximum atomic E-state index is 9.41. The molecule has 2 fully saturated rings. The number of anilines is 1. The maximum Gasteiger partial charge on any atom is 0.223 e. The first-order chi connectivity index (χ1) is 12.5. The summed E-state index contributed by atoms with van der Waals surface area (Å²) in [6.07, 6.45) is 11.0. The number of nitrogens with zero attached hydrogens (tertiary/aromatic N) is 3. The zero-order valence-corrected chi connectivity index (χ0v) is 15.9. The Morgan fingerprint density at radius 3 is 2.73 bits per heavy atom. The zero-order valence-electron chi connectivity index (χ0n) is 15.9. The van der Waals surface area contributed by atoms with Crippen LogP contribution in [0.2, 0.25) is 0 Å². The van der Waals surface area contributed by atoms with Crippen molar-refractivity contribution < 1.29 is 5.11 Å². The Kier molecular flexibility index (Phi) is 6.04. The van der Waals surface area contributed by atoms with Crippen molar-refractivity contribution in [3.63, 3.8) is 0 Å². The van der Waals surface area contributed by atoms with Crippen molar-refractivity contribution in [3.05, 3.63) is 23.5 Å². The first-order valence-corrected chi connectivity index (χ1v) is 9.64. The second-order valence-corrected chi connectivity index (χ2v) is 7.93. The minimum Gasteiger partial charge on any atom is -0.394 e. The van der Waals surface area contributed by atoms with Gasteiger partial charge in [0.2, 0.25) is 5.95 Å². The summed E-state index contributed by atoms with van der Waals surface area (Å²) in [6, 6.07) is 2.25. The Bertz CT molecular complexity index is 673. The summed E-state index contributed by atoms with van der Waals surface area (Å²) in [6.45, 7) is 2.23. The highest BCUT2D eigenvalue weighted by atomic mass is 16.3. The van der Waals surface area contributed by atoms with Crippen molar-refractivity contribution in [2.75, 3.05) is 19.0 Å². The number of hydrogen-bond acceptors (Lipinski definition) is 6. The average Bonchev–Trinajstić information content (AvgIpc) is 3.46. The summed E-state index contributed by atoms with van der Waals surface area (Å²) in [5.41, 5.74) is 9.11. The average molecular weight is 358 g/mol. The molecule has 4 N–H and O–H groups in total. The molecular formula is C20H31N5O. The van der Waals surface area contributed by atoms with Crippen LogP contribution in [0.1, 0.15) is 57.6 Å². The van der Waals surface area contributed by atoms with Gasteiger partial charge in [0.05, 0.1) is 12.3 Å². The van der Waals surface area contributed by atoms with E-state index < -0.39 is 5.54 Å². The summed E-state index contributed by atoms with van der Waals surface area (Å²) >= 11 is 0. The third-order valence-corrected chi connectivity index (χ3v) is 5.57. The molecule has 0 spiro atoms. The molecule has 0 aliphatic heterocycles. The summed E-state index contributed by atoms with van der Waals surface area (Å²) in [4.78, 5) is 13.4. The lowest BCUT2D eigenvalue weighted by Gasteiger charge is -2.35. The molecular weight excluding hydrogens is 326 g/mol. The SMILES string of the molecule is CN=C/C(=C(\C)CC1CC1)c1ccnc(NC2CCC(N)(CO)CC2)n1. The first-order valence-electron chi connectivity index (χ1n) is 9.64. The fourth-order valence-electron chi connectivity index (χ4n) is 3.64. The minimum absolute atomic E-state index is 0.0521. The lowest BCUT2D eigenvalue weighted by atomic mass is 9.81. The van der Waals surface area contributed by atoms with Crippen LogP contribution in [0, 0.1) is 5.92 Å². The quantitative estimate of drug-likeness (QED) is 0.652. The van der Waals surface area contributed by atoms with Gasteiger partial charge in [-0.15, -0.1) is 0 Å². The van der Waals surface area contributed by atoms with E-state index in [2.05, 4.69) is 22.2 Å². The number of aliphatic hydroxyl groups excluding tert-OH is 1. The standard InChI is InChI=1S/C20H31N5O/c1-14(11-15-3-4-15)17(12-22-2)18-7-10-23-19(25-18)24-16-5-8-20(21,13-26)9-6-16/h7,10,12,15-16,26H,3-6,8-9,11,13,21H2,1-2H3,(H,23,24,25)/b17-14-,22-12?. The Balaban J connectivity index is 1.71. The van der Waals surface area contributed by atoms with Gasteiger partial charge in [0.25, 0.3) is 0 Å². The van der Waals surface area contributed by atoms with Gasteiger partial charge in [-0.2, -0.15) is 0 Å². The second-order valence-electron chi connectivity index (χ2n) is 7.93. The maximum absolute atomic E-state index is 9.41. The van der Waals surface area contributed by atoms with Crippen LogP contribution in [0.25, 0.3) is 5.57 Å². The zero-order chi connectivity index (χ0) is 18.6. The van der Waals surface area contributed by atoms with Crippen LogP contribution in [0.4, 0.5) is 5.95 Å². The largest absolute Gasteiger partial charge is 0.394 e. The molecule has 0 bridgehead atoms. The minimum atomic E-state index is -0.422. The van der Waals surface area contributed by atoms with Gasteiger partial charge >= 0.3 is 0 Å². The molecule has 1 aromatic heterocycles. The van der Waals surface area contributed by atoms with E-state index in [0.717, 1.165) is 49.3 Å². The number of aliphatic imine (C=N–C) groups is 1. The molecule has 1 heterocycles. The molecule has 2 aliphatic carbocycles. The van der Waals surface area contributed by atoms with Crippen molar-refractivity contribution in [1.82, 2.24) is 9.97 Å². The fraction of sp³-hybridized carbons (Fsp3) is 0.650. The van der Waals surface area contributed by atoms with Gasteiger partial charge in [-0.1, -0.05) is 5.57 Å². The van der Waals surface area contributed by atoms with E-state index in [9.17, 15) is 5.11 Å². The smallest absolute Gasteiger partial charge is 0.223 e. The van der Waals surface area contributed by atoms with Crippen LogP contribution in [0.5, 0.6) is 0 Å². The molecule has 0 radical (unpaired) electrons. The molecule has 6 nitrogen and oxygen atoms in total. The van der Waals surface area contributed by atoms with Gasteiger partial charge in [0, 0.05) is 36.6 Å². The molecule has 142 valence electrons. The predicted octanol–water partition coefficient (Wildman–Crippen LogP) is 2.80. The van der Waals surface area contributed by atoms with Gasteiger partial charge in [-0.05, 0) is 63.9 Å². The summed E-state index contributed by atoms with van der Waals surface area (Å²) in [5, 5.41) is 12.9. The van der Waals surface area contributed by atoms with Crippen LogP contribution >= 0.6 is 0 Å². The number of aromatic nitrogens is 2. The molecule has 2 saturated carbocycles. The van der Waals surface area contributed by atoms with Crippen molar-refractivity contribution in [3.8, 4) is 0 Å². The van der Waals surface area contributed by atoms with Crippen molar-refractivity contribution >= 4 is 17.7 Å². The molecule has 0 atom stereocenters. The third-order valence-electron chi connectivity index (χ3n) is 5.57. The summed E-state index contributed by atoms with van der Waals surface area (Å²) in [7, 11) is 1.80. The monoisotopic (exact) mass is 357 g/mol. The highest BCUT2D eigenvalue weighted by molar-refractivity contribution is 6.10. The Labute approximate surface area is 156 Å². The van der Waals surface area contributed by atoms with E-state index in [-0.39, 0.29) is 6.61 Å². The van der Waals surface area contributed by atoms with Crippen LogP contribution in [-0.4, -0.2) is 46.5 Å². The molecule has 26 heavy (non-hydrogen) atoms. The molecule has 2 aliphatic rings. The molecule has 0 aromatic carbocycles. The van der Waals surface area contributed by atoms with Crippen molar-refractivity contribution in [2.45, 2.75) is 63.5 Å². The number of nitrogens with two attached hydrogens (primary N) is 1. The first kappa shape index (κ1) is 19.0. The predicted molar refractivity (Wildman–Crippen MR) is 106 cm³/mol. The molecule has 0 unspecified atom stereocenters. The van der Waals surface area contributed by atoms with Crippen LogP contribution in [0.15, 0.2) is 22.8 Å². The lowest BCUT2D eigenvalue weighted by Crippen LogP contribution is -2.48. The van der Waals surface area contributed by atoms with E-state index in [1.165, 1.54) is 18.4 Å². The van der Waals surface area contributed by atoms with Crippen LogP contribution in [0.3, 0.4) is 0 Å². The molecule has 1 aromatic rings. The van der Waals surface area contributed by atoms with Crippen LogP contribution in [-0.2, 0) is 0 Å². The topological polar surface area (TPSA) is 96.4 Å². The summed E-state index contributed by atoms with van der Waals surface area (Å²) in [5.74, 6) is 1.49. The lowest BCUT2D eigenvalue weighted by molar-refractivity contribution is 0.152. The van der Waals surface area contributed by atoms with Gasteiger partial charge in [-0.25, -0.2) is 9.97 Å². The number of aliphatic hydroxyl groups is 1. The highest BCUT2D eigenvalue weighted by Crippen LogP contribution is 2.36. The fourth-order valence-corrected chi connectivity index (χ4v) is 3.64. The number of allylic oxidation sites excluding steroid dienone is 2. The van der Waals surface area contributed by atoms with Gasteiger partial charge < -0.3 is 16.2 Å². The van der Waals surface area contributed by atoms with Gasteiger partial charge in [0.15, 0.2) is 0 Å². The number of nitrogens with one attached hydrogen (secondary N) is 1. The van der Waals surface area contributed by atoms with Crippen molar-refractivity contribution in [2.24, 2.45) is 16.6 Å². The Morgan fingerprint density at radius 2 is 2.12 bits per heavy atom. The summed E-state index contributed by atoms with van der Waals surface area (Å²) < 4.78 is 0. The van der Waals surface area contributed by atoms with Crippen LogP contribution < -0.4 is 11.1 Å².